The minimum absolute atomic E-state index is 0.00595. The highest BCUT2D eigenvalue weighted by molar-refractivity contribution is 7.88. The maximum Gasteiger partial charge on any atom is 0.208 e. The van der Waals surface area contributed by atoms with Crippen molar-refractivity contribution >= 4 is 10.0 Å². The first kappa shape index (κ1) is 15.0. The zero-order valence-electron chi connectivity index (χ0n) is 10.0. The van der Waals surface area contributed by atoms with Crippen molar-refractivity contribution in [2.75, 3.05) is 19.3 Å². The number of rotatable bonds is 7. The zero-order valence-corrected chi connectivity index (χ0v) is 10.9. The van der Waals surface area contributed by atoms with Crippen LogP contribution in [0.2, 0.25) is 0 Å². The Labute approximate surface area is 105 Å². The highest BCUT2D eigenvalue weighted by atomic mass is 32.2. The van der Waals surface area contributed by atoms with Gasteiger partial charge in [0, 0.05) is 18.7 Å². The molecule has 0 saturated heterocycles. The highest BCUT2D eigenvalue weighted by Crippen LogP contribution is 2.11. The molecule has 7 heteroatoms. The van der Waals surface area contributed by atoms with Crippen LogP contribution in [0.1, 0.15) is 12.0 Å². The van der Waals surface area contributed by atoms with E-state index < -0.39 is 21.7 Å². The maximum absolute atomic E-state index is 13.2. The van der Waals surface area contributed by atoms with Gasteiger partial charge in [0.05, 0.1) is 6.26 Å². The Morgan fingerprint density at radius 3 is 2.33 bits per heavy atom. The van der Waals surface area contributed by atoms with E-state index in [4.69, 9.17) is 0 Å². The molecular formula is C11H16F2N2O2S. The van der Waals surface area contributed by atoms with Crippen molar-refractivity contribution in [3.63, 3.8) is 0 Å². The average Bonchev–Trinajstić information content (AvgIpc) is 2.25. The van der Waals surface area contributed by atoms with Crippen molar-refractivity contribution in [3.8, 4) is 0 Å². The van der Waals surface area contributed by atoms with E-state index in [1.54, 1.807) is 0 Å². The molecule has 1 aromatic rings. The van der Waals surface area contributed by atoms with E-state index in [0.717, 1.165) is 6.26 Å². The third-order valence-electron chi connectivity index (χ3n) is 2.26. The van der Waals surface area contributed by atoms with Gasteiger partial charge in [-0.2, -0.15) is 0 Å². The lowest BCUT2D eigenvalue weighted by Crippen LogP contribution is -2.26. The molecule has 0 fully saturated rings. The quantitative estimate of drug-likeness (QED) is 0.731. The zero-order chi connectivity index (χ0) is 13.6. The third kappa shape index (κ3) is 5.52. The third-order valence-corrected chi connectivity index (χ3v) is 2.99. The first-order valence-corrected chi connectivity index (χ1v) is 7.37. The summed E-state index contributed by atoms with van der Waals surface area (Å²) in [5, 5.41) is 2.85. The average molecular weight is 278 g/mol. The first-order chi connectivity index (χ1) is 8.40. The first-order valence-electron chi connectivity index (χ1n) is 5.48. The van der Waals surface area contributed by atoms with Crippen LogP contribution in [-0.4, -0.2) is 27.8 Å². The van der Waals surface area contributed by atoms with Gasteiger partial charge in [0.25, 0.3) is 0 Å². The molecule has 0 aliphatic heterocycles. The van der Waals surface area contributed by atoms with E-state index in [9.17, 15) is 17.2 Å². The van der Waals surface area contributed by atoms with Crippen LogP contribution in [-0.2, 0) is 16.6 Å². The molecule has 0 radical (unpaired) electrons. The number of halogens is 2. The summed E-state index contributed by atoms with van der Waals surface area (Å²) in [6.07, 6.45) is 1.62. The van der Waals surface area contributed by atoms with Crippen LogP contribution in [0.5, 0.6) is 0 Å². The lowest BCUT2D eigenvalue weighted by Gasteiger charge is -2.07. The molecule has 2 N–H and O–H groups in total. The minimum atomic E-state index is -3.17. The van der Waals surface area contributed by atoms with E-state index in [2.05, 4.69) is 10.0 Å². The van der Waals surface area contributed by atoms with Crippen molar-refractivity contribution in [3.05, 3.63) is 35.4 Å². The molecule has 0 spiro atoms. The monoisotopic (exact) mass is 278 g/mol. The highest BCUT2D eigenvalue weighted by Gasteiger charge is 2.07. The Morgan fingerprint density at radius 2 is 1.78 bits per heavy atom. The van der Waals surface area contributed by atoms with Crippen LogP contribution < -0.4 is 10.0 Å². The molecule has 1 aromatic carbocycles. The summed E-state index contributed by atoms with van der Waals surface area (Å²) in [7, 11) is -3.17. The molecule has 0 heterocycles. The van der Waals surface area contributed by atoms with Crippen LogP contribution in [0, 0.1) is 11.6 Å². The second-order valence-electron chi connectivity index (χ2n) is 3.90. The number of hydrogen-bond donors (Lipinski definition) is 2. The normalized spacial score (nSPS) is 11.7. The van der Waals surface area contributed by atoms with Crippen LogP contribution in [0.3, 0.4) is 0 Å². The van der Waals surface area contributed by atoms with Crippen molar-refractivity contribution in [1.29, 1.82) is 0 Å². The van der Waals surface area contributed by atoms with Crippen LogP contribution in [0.4, 0.5) is 8.78 Å². The van der Waals surface area contributed by atoms with Crippen LogP contribution in [0.25, 0.3) is 0 Å². The van der Waals surface area contributed by atoms with Gasteiger partial charge in [0.15, 0.2) is 0 Å². The molecule has 1 rings (SSSR count). The molecule has 0 amide bonds. The van der Waals surface area contributed by atoms with Crippen LogP contribution in [0.15, 0.2) is 18.2 Å². The van der Waals surface area contributed by atoms with Gasteiger partial charge in [0.1, 0.15) is 11.6 Å². The standard InChI is InChI=1S/C11H16F2N2O2S/c1-18(16,17)15-7-3-6-14-8-9-10(12)4-2-5-11(9)13/h2,4-5,14-15H,3,6-8H2,1H3. The Morgan fingerprint density at radius 1 is 1.17 bits per heavy atom. The molecule has 0 bridgehead atoms. The summed E-state index contributed by atoms with van der Waals surface area (Å²) in [5.41, 5.74) is -0.00595. The molecular weight excluding hydrogens is 262 g/mol. The van der Waals surface area contributed by atoms with Crippen molar-refractivity contribution in [2.45, 2.75) is 13.0 Å². The molecule has 0 unspecified atom stereocenters. The fourth-order valence-corrected chi connectivity index (χ4v) is 1.90. The fourth-order valence-electron chi connectivity index (χ4n) is 1.39. The number of benzene rings is 1. The van der Waals surface area contributed by atoms with E-state index in [1.165, 1.54) is 18.2 Å². The smallest absolute Gasteiger partial charge is 0.208 e. The minimum Gasteiger partial charge on any atom is -0.312 e. The Balaban J connectivity index is 2.26. The maximum atomic E-state index is 13.2. The van der Waals surface area contributed by atoms with Gasteiger partial charge in [0.2, 0.25) is 10.0 Å². The number of nitrogens with one attached hydrogen (secondary N) is 2. The summed E-state index contributed by atoms with van der Waals surface area (Å²) < 4.78 is 50.2. The van der Waals surface area contributed by atoms with E-state index in [0.29, 0.717) is 19.5 Å². The van der Waals surface area contributed by atoms with E-state index in [-0.39, 0.29) is 12.1 Å². The van der Waals surface area contributed by atoms with Gasteiger partial charge in [-0.15, -0.1) is 0 Å². The molecule has 0 saturated carbocycles. The lowest BCUT2D eigenvalue weighted by molar-refractivity contribution is 0.531. The Hall–Kier alpha value is -1.05. The predicted octanol–water partition coefficient (Wildman–Crippen LogP) is 0.994. The largest absolute Gasteiger partial charge is 0.312 e. The fraction of sp³-hybridized carbons (Fsp3) is 0.455. The SMILES string of the molecule is CS(=O)(=O)NCCCNCc1c(F)cccc1F. The second kappa shape index (κ2) is 6.77. The molecule has 0 aliphatic rings. The molecule has 18 heavy (non-hydrogen) atoms. The van der Waals surface area contributed by atoms with Gasteiger partial charge in [-0.1, -0.05) is 6.07 Å². The summed E-state index contributed by atoms with van der Waals surface area (Å²) in [6, 6.07) is 3.71. The molecule has 0 aromatic heterocycles. The summed E-state index contributed by atoms with van der Waals surface area (Å²) >= 11 is 0. The van der Waals surface area contributed by atoms with Gasteiger partial charge in [-0.05, 0) is 25.1 Å². The number of hydrogen-bond acceptors (Lipinski definition) is 3. The predicted molar refractivity (Wildman–Crippen MR) is 65.5 cm³/mol. The Kier molecular flexibility index (Phi) is 5.64. The molecule has 4 nitrogen and oxygen atoms in total. The van der Waals surface area contributed by atoms with Gasteiger partial charge in [-0.3, -0.25) is 0 Å². The van der Waals surface area contributed by atoms with E-state index in [1.807, 2.05) is 0 Å². The topological polar surface area (TPSA) is 58.2 Å². The molecule has 0 aliphatic carbocycles. The lowest BCUT2D eigenvalue weighted by atomic mass is 10.2. The van der Waals surface area contributed by atoms with Crippen molar-refractivity contribution < 1.29 is 17.2 Å². The van der Waals surface area contributed by atoms with Gasteiger partial charge in [-0.25, -0.2) is 21.9 Å². The summed E-state index contributed by atoms with van der Waals surface area (Å²) in [4.78, 5) is 0. The Bertz CT molecular complexity index is 472. The van der Waals surface area contributed by atoms with Gasteiger partial charge < -0.3 is 5.32 Å². The van der Waals surface area contributed by atoms with Gasteiger partial charge >= 0.3 is 0 Å². The second-order valence-corrected chi connectivity index (χ2v) is 5.73. The van der Waals surface area contributed by atoms with Crippen LogP contribution >= 0.6 is 0 Å². The molecule has 102 valence electrons. The van der Waals surface area contributed by atoms with Crippen molar-refractivity contribution in [2.24, 2.45) is 0 Å². The van der Waals surface area contributed by atoms with E-state index >= 15 is 0 Å². The summed E-state index contributed by atoms with van der Waals surface area (Å²) in [5.74, 6) is -1.17. The number of sulfonamides is 1. The summed E-state index contributed by atoms with van der Waals surface area (Å²) in [6.45, 7) is 0.846. The van der Waals surface area contributed by atoms with Crippen molar-refractivity contribution in [1.82, 2.24) is 10.0 Å². The molecule has 0 atom stereocenters.